The molecule has 2 nitrogen and oxygen atoms in total. The summed E-state index contributed by atoms with van der Waals surface area (Å²) in [6.07, 6.45) is 7.39. The molecular weight excluding hydrogens is 444 g/mol. The first-order valence-corrected chi connectivity index (χ1v) is 12.3. The number of rotatable bonds is 11. The molecule has 6 heteroatoms. The number of hydrogen-bond acceptors (Lipinski definition) is 2. The van der Waals surface area contributed by atoms with E-state index in [4.69, 9.17) is 9.47 Å². The molecular formula is C28H34F4O2. The Kier molecular flexibility index (Phi) is 9.43. The van der Waals surface area contributed by atoms with Crippen molar-refractivity contribution in [2.75, 3.05) is 6.61 Å². The number of unbranched alkanes of at least 4 members (excludes halogenated alkanes) is 2. The highest BCUT2D eigenvalue weighted by Gasteiger charge is 2.28. The van der Waals surface area contributed by atoms with Crippen LogP contribution in [-0.4, -0.2) is 12.7 Å². The molecule has 0 spiro atoms. The van der Waals surface area contributed by atoms with Gasteiger partial charge in [-0.3, -0.25) is 0 Å². The summed E-state index contributed by atoms with van der Waals surface area (Å²) in [6, 6.07) is 9.17. The van der Waals surface area contributed by atoms with Crippen molar-refractivity contribution in [2.24, 2.45) is 5.92 Å². The van der Waals surface area contributed by atoms with E-state index in [-0.39, 0.29) is 23.7 Å². The maximum atomic E-state index is 14.3. The van der Waals surface area contributed by atoms with E-state index >= 15 is 0 Å². The second-order valence-electron chi connectivity index (χ2n) is 8.99. The summed E-state index contributed by atoms with van der Waals surface area (Å²) >= 11 is 0. The van der Waals surface area contributed by atoms with Crippen LogP contribution in [0.1, 0.15) is 82.3 Å². The van der Waals surface area contributed by atoms with Gasteiger partial charge in [-0.05, 0) is 80.3 Å². The van der Waals surface area contributed by atoms with Crippen LogP contribution < -0.4 is 9.47 Å². The Bertz CT molecular complexity index is 932. The first-order valence-electron chi connectivity index (χ1n) is 12.3. The summed E-state index contributed by atoms with van der Waals surface area (Å²) in [6.45, 7) is 4.02. The van der Waals surface area contributed by atoms with Gasteiger partial charge in [0.15, 0.2) is 11.6 Å². The van der Waals surface area contributed by atoms with Crippen molar-refractivity contribution in [2.45, 2.75) is 77.2 Å². The fourth-order valence-electron chi connectivity index (χ4n) is 4.60. The van der Waals surface area contributed by atoms with E-state index in [1.54, 1.807) is 19.1 Å². The maximum Gasteiger partial charge on any atom is 0.419 e. The van der Waals surface area contributed by atoms with Crippen LogP contribution >= 0.6 is 0 Å². The largest absolute Gasteiger partial charge is 0.491 e. The Morgan fingerprint density at radius 3 is 2.26 bits per heavy atom. The summed E-state index contributed by atoms with van der Waals surface area (Å²) in [5, 5.41) is 0. The van der Waals surface area contributed by atoms with Crippen molar-refractivity contribution >= 4 is 6.08 Å². The van der Waals surface area contributed by atoms with Crippen LogP contribution in [0.5, 0.6) is 11.5 Å². The van der Waals surface area contributed by atoms with Crippen LogP contribution in [0, 0.1) is 17.6 Å². The predicted octanol–water partition coefficient (Wildman–Crippen LogP) is 8.90. The maximum absolute atomic E-state index is 14.3. The van der Waals surface area contributed by atoms with Crippen molar-refractivity contribution in [3.8, 4) is 11.5 Å². The van der Waals surface area contributed by atoms with Crippen LogP contribution in [0.15, 0.2) is 42.5 Å². The molecule has 0 radical (unpaired) electrons. The summed E-state index contributed by atoms with van der Waals surface area (Å²) in [7, 11) is 0. The third-order valence-corrected chi connectivity index (χ3v) is 6.50. The van der Waals surface area contributed by atoms with E-state index in [0.29, 0.717) is 12.0 Å². The lowest BCUT2D eigenvalue weighted by molar-refractivity contribution is -0.130. The van der Waals surface area contributed by atoms with Gasteiger partial charge < -0.3 is 9.47 Å². The van der Waals surface area contributed by atoms with E-state index in [1.807, 2.05) is 12.1 Å². The number of halogens is 4. The van der Waals surface area contributed by atoms with Crippen LogP contribution in [0.4, 0.5) is 17.6 Å². The van der Waals surface area contributed by atoms with Gasteiger partial charge in [0, 0.05) is 11.6 Å². The Hall–Kier alpha value is -2.50. The van der Waals surface area contributed by atoms with Crippen molar-refractivity contribution in [3.05, 3.63) is 65.2 Å². The molecule has 2 aromatic rings. The van der Waals surface area contributed by atoms with Crippen molar-refractivity contribution < 1.29 is 27.0 Å². The minimum Gasteiger partial charge on any atom is -0.491 e. The Labute approximate surface area is 200 Å². The number of alkyl halides is 2. The third-order valence-electron chi connectivity index (χ3n) is 6.50. The fourth-order valence-corrected chi connectivity index (χ4v) is 4.60. The van der Waals surface area contributed by atoms with Gasteiger partial charge in [0.1, 0.15) is 5.75 Å². The van der Waals surface area contributed by atoms with Crippen LogP contribution in [-0.2, 0) is 0 Å². The highest BCUT2D eigenvalue weighted by molar-refractivity contribution is 5.53. The number of hydrogen-bond donors (Lipinski definition) is 0. The molecule has 186 valence electrons. The minimum atomic E-state index is -3.68. The molecule has 1 fully saturated rings. The molecule has 0 amide bonds. The van der Waals surface area contributed by atoms with Gasteiger partial charge in [-0.25, -0.2) is 4.39 Å². The number of benzene rings is 2. The lowest BCUT2D eigenvalue weighted by atomic mass is 9.77. The van der Waals surface area contributed by atoms with Gasteiger partial charge in [-0.2, -0.15) is 13.2 Å². The molecule has 1 aliphatic rings. The average Bonchev–Trinajstić information content (AvgIpc) is 2.83. The summed E-state index contributed by atoms with van der Waals surface area (Å²) in [4.78, 5) is 0. The SMILES string of the molecule is CCCCCC1CCC(c2ccc(OC(F)(F)/C=C/c3ccc(OCC)c(F)c3F)cc2)CC1. The lowest BCUT2D eigenvalue weighted by Gasteiger charge is -2.29. The molecule has 34 heavy (non-hydrogen) atoms. The molecule has 0 unspecified atom stereocenters. The van der Waals surface area contributed by atoms with Crippen molar-refractivity contribution in [3.63, 3.8) is 0 Å². The van der Waals surface area contributed by atoms with Gasteiger partial charge in [-0.1, -0.05) is 44.7 Å². The average molecular weight is 479 g/mol. The van der Waals surface area contributed by atoms with E-state index < -0.39 is 17.7 Å². The predicted molar refractivity (Wildman–Crippen MR) is 127 cm³/mol. The molecule has 0 atom stereocenters. The van der Waals surface area contributed by atoms with Gasteiger partial charge in [0.25, 0.3) is 0 Å². The van der Waals surface area contributed by atoms with E-state index in [9.17, 15) is 17.6 Å². The van der Waals surface area contributed by atoms with Crippen LogP contribution in [0.25, 0.3) is 6.08 Å². The summed E-state index contributed by atoms with van der Waals surface area (Å²) in [5.74, 6) is -1.43. The van der Waals surface area contributed by atoms with Gasteiger partial charge >= 0.3 is 6.11 Å². The smallest absolute Gasteiger partial charge is 0.419 e. The monoisotopic (exact) mass is 478 g/mol. The zero-order chi connectivity index (χ0) is 24.6. The van der Waals surface area contributed by atoms with Crippen molar-refractivity contribution in [1.29, 1.82) is 0 Å². The Balaban J connectivity index is 1.56. The molecule has 0 heterocycles. The highest BCUT2D eigenvalue weighted by Crippen LogP contribution is 2.38. The number of ether oxygens (including phenoxy) is 2. The zero-order valence-electron chi connectivity index (χ0n) is 20.0. The molecule has 0 N–H and O–H groups in total. The Morgan fingerprint density at radius 2 is 1.62 bits per heavy atom. The molecule has 0 saturated heterocycles. The second-order valence-corrected chi connectivity index (χ2v) is 8.99. The first-order chi connectivity index (χ1) is 16.3. The quantitative estimate of drug-likeness (QED) is 0.237. The molecule has 0 aliphatic heterocycles. The summed E-state index contributed by atoms with van der Waals surface area (Å²) < 4.78 is 66.4. The van der Waals surface area contributed by atoms with Crippen molar-refractivity contribution in [1.82, 2.24) is 0 Å². The van der Waals surface area contributed by atoms with Crippen LogP contribution in [0.2, 0.25) is 0 Å². The van der Waals surface area contributed by atoms with E-state index in [0.717, 1.165) is 30.4 Å². The molecule has 3 rings (SSSR count). The second kappa shape index (κ2) is 12.3. The highest BCUT2D eigenvalue weighted by atomic mass is 19.3. The van der Waals surface area contributed by atoms with Crippen LogP contribution in [0.3, 0.4) is 0 Å². The molecule has 0 aromatic heterocycles. The summed E-state index contributed by atoms with van der Waals surface area (Å²) in [5.41, 5.74) is 0.829. The lowest BCUT2D eigenvalue weighted by Crippen LogP contribution is -2.21. The fraction of sp³-hybridized carbons (Fsp3) is 0.500. The van der Waals surface area contributed by atoms with Gasteiger partial charge in [-0.15, -0.1) is 0 Å². The van der Waals surface area contributed by atoms with E-state index in [2.05, 4.69) is 6.92 Å². The molecule has 0 bridgehead atoms. The topological polar surface area (TPSA) is 18.5 Å². The first kappa shape index (κ1) is 26.1. The molecule has 1 saturated carbocycles. The normalized spacial score (nSPS) is 18.9. The van der Waals surface area contributed by atoms with Gasteiger partial charge in [0.2, 0.25) is 5.82 Å². The van der Waals surface area contributed by atoms with E-state index in [1.165, 1.54) is 50.7 Å². The zero-order valence-corrected chi connectivity index (χ0v) is 20.0. The molecule has 2 aromatic carbocycles. The standard InChI is InChI=1S/C28H34F4O2/c1-3-5-6-7-20-8-10-21(11-9-20)22-12-15-24(16-13-22)34-28(31,32)19-18-23-14-17-25(33-4-2)27(30)26(23)29/h12-21H,3-11H2,1-2H3/b19-18+. The third kappa shape index (κ3) is 7.25. The Morgan fingerprint density at radius 1 is 0.912 bits per heavy atom. The minimum absolute atomic E-state index is 0.0185. The molecule has 1 aliphatic carbocycles. The van der Waals surface area contributed by atoms with Gasteiger partial charge in [0.05, 0.1) is 6.61 Å².